The van der Waals surface area contributed by atoms with Crippen LogP contribution in [-0.4, -0.2) is 24.2 Å². The van der Waals surface area contributed by atoms with Crippen LogP contribution in [0.4, 0.5) is 11.4 Å². The fraction of sp³-hybridized carbons (Fsp3) is 0.200. The van der Waals surface area contributed by atoms with Crippen LogP contribution in [0.2, 0.25) is 0 Å². The number of carbonyl (C=O) groups is 1. The van der Waals surface area contributed by atoms with Crippen LogP contribution in [0.25, 0.3) is 6.08 Å². The summed E-state index contributed by atoms with van der Waals surface area (Å²) < 4.78 is 1.16. The van der Waals surface area contributed by atoms with Crippen LogP contribution < -0.4 is 10.2 Å². The first kappa shape index (κ1) is 19.0. The molecule has 1 aliphatic heterocycles. The van der Waals surface area contributed by atoms with Crippen molar-refractivity contribution < 1.29 is 4.79 Å². The molecule has 1 N–H and O–H groups in total. The molecule has 2 aromatic rings. The number of nitrogens with one attached hydrogen (secondary N) is 1. The van der Waals surface area contributed by atoms with E-state index in [0.29, 0.717) is 10.1 Å². The van der Waals surface area contributed by atoms with E-state index in [4.69, 9.17) is 0 Å². The third kappa shape index (κ3) is 4.67. The van der Waals surface area contributed by atoms with Gasteiger partial charge in [-0.15, -0.1) is 0 Å². The molecule has 134 valence electrons. The van der Waals surface area contributed by atoms with Crippen molar-refractivity contribution >= 4 is 62.9 Å². The lowest BCUT2D eigenvalue weighted by Gasteiger charge is -2.20. The first-order chi connectivity index (χ1) is 12.6. The summed E-state index contributed by atoms with van der Waals surface area (Å²) in [5.41, 5.74) is 3.04. The molecule has 0 atom stereocenters. The molecule has 26 heavy (non-hydrogen) atoms. The summed E-state index contributed by atoms with van der Waals surface area (Å²) in [4.78, 5) is 19.7. The molecule has 6 heteroatoms. The second kappa shape index (κ2) is 8.73. The second-order valence-corrected chi connectivity index (χ2v) is 8.00. The molecule has 0 saturated carbocycles. The molecule has 1 saturated heterocycles. The Morgan fingerprint density at radius 3 is 2.35 bits per heavy atom. The molecule has 1 fully saturated rings. The SMILES string of the molecule is CCN(CC)c1ccc(/C=C2/SC(=Nc3ccc(I)cc3)NC2=O)cc1. The van der Waals surface area contributed by atoms with E-state index in [2.05, 4.69) is 63.8 Å². The number of benzene rings is 2. The minimum Gasteiger partial charge on any atom is -0.372 e. The smallest absolute Gasteiger partial charge is 0.264 e. The van der Waals surface area contributed by atoms with Crippen LogP contribution in [0.3, 0.4) is 0 Å². The molecule has 0 aromatic heterocycles. The van der Waals surface area contributed by atoms with Crippen molar-refractivity contribution in [3.8, 4) is 0 Å². The highest BCUT2D eigenvalue weighted by atomic mass is 127. The normalized spacial score (nSPS) is 17.0. The van der Waals surface area contributed by atoms with E-state index in [1.807, 2.05) is 42.5 Å². The van der Waals surface area contributed by atoms with Crippen LogP contribution in [0.15, 0.2) is 58.4 Å². The Morgan fingerprint density at radius 1 is 1.08 bits per heavy atom. The molecule has 4 nitrogen and oxygen atoms in total. The number of thioether (sulfide) groups is 1. The van der Waals surface area contributed by atoms with Crippen molar-refractivity contribution in [3.63, 3.8) is 0 Å². The Balaban J connectivity index is 1.75. The van der Waals surface area contributed by atoms with Gasteiger partial charge >= 0.3 is 0 Å². The lowest BCUT2D eigenvalue weighted by atomic mass is 10.2. The van der Waals surface area contributed by atoms with Crippen molar-refractivity contribution in [1.29, 1.82) is 0 Å². The molecule has 2 aromatic carbocycles. The number of rotatable bonds is 5. The summed E-state index contributed by atoms with van der Waals surface area (Å²) in [5.74, 6) is -0.105. The van der Waals surface area contributed by atoms with E-state index in [0.717, 1.165) is 27.9 Å². The topological polar surface area (TPSA) is 44.7 Å². The van der Waals surface area contributed by atoms with Gasteiger partial charge in [0.05, 0.1) is 10.6 Å². The standard InChI is InChI=1S/C20H20IN3OS/c1-3-24(4-2)17-11-5-14(6-12-17)13-18-19(25)23-20(26-18)22-16-9-7-15(21)8-10-16/h5-13H,3-4H2,1-2H3,(H,22,23,25)/b18-13+. The van der Waals surface area contributed by atoms with E-state index < -0.39 is 0 Å². The molecular formula is C20H20IN3OS. The largest absolute Gasteiger partial charge is 0.372 e. The van der Waals surface area contributed by atoms with Crippen molar-refractivity contribution in [2.24, 2.45) is 4.99 Å². The van der Waals surface area contributed by atoms with Crippen LogP contribution in [-0.2, 0) is 4.79 Å². The van der Waals surface area contributed by atoms with Gasteiger partial charge in [0, 0.05) is 22.3 Å². The molecule has 0 unspecified atom stereocenters. The second-order valence-electron chi connectivity index (χ2n) is 5.72. The van der Waals surface area contributed by atoms with Crippen molar-refractivity contribution in [2.45, 2.75) is 13.8 Å². The zero-order chi connectivity index (χ0) is 18.5. The quantitative estimate of drug-likeness (QED) is 0.486. The van der Waals surface area contributed by atoms with Gasteiger partial charge in [-0.2, -0.15) is 0 Å². The van der Waals surface area contributed by atoms with Gasteiger partial charge in [-0.25, -0.2) is 4.99 Å². The van der Waals surface area contributed by atoms with Gasteiger partial charge in [-0.1, -0.05) is 12.1 Å². The van der Waals surface area contributed by atoms with E-state index >= 15 is 0 Å². The average molecular weight is 477 g/mol. The van der Waals surface area contributed by atoms with E-state index in [-0.39, 0.29) is 5.91 Å². The van der Waals surface area contributed by atoms with Gasteiger partial charge in [0.25, 0.3) is 5.91 Å². The Labute approximate surface area is 171 Å². The summed E-state index contributed by atoms with van der Waals surface area (Å²) in [7, 11) is 0. The maximum Gasteiger partial charge on any atom is 0.264 e. The van der Waals surface area contributed by atoms with Gasteiger partial charge in [0.2, 0.25) is 0 Å². The van der Waals surface area contributed by atoms with Crippen molar-refractivity contribution in [2.75, 3.05) is 18.0 Å². The van der Waals surface area contributed by atoms with E-state index in [9.17, 15) is 4.79 Å². The van der Waals surface area contributed by atoms with E-state index in [1.165, 1.54) is 17.4 Å². The zero-order valence-electron chi connectivity index (χ0n) is 14.7. The fourth-order valence-corrected chi connectivity index (χ4v) is 3.84. The Bertz CT molecular complexity index is 840. The summed E-state index contributed by atoms with van der Waals surface area (Å²) in [5, 5.41) is 3.44. The number of amides is 1. The van der Waals surface area contributed by atoms with Crippen LogP contribution >= 0.6 is 34.4 Å². The number of anilines is 1. The predicted octanol–water partition coefficient (Wildman–Crippen LogP) is 5.03. The first-order valence-corrected chi connectivity index (χ1v) is 10.4. The number of aliphatic imine (C=N–C) groups is 1. The van der Waals surface area contributed by atoms with Gasteiger partial charge < -0.3 is 10.2 Å². The maximum atomic E-state index is 12.2. The van der Waals surface area contributed by atoms with Crippen LogP contribution in [0.5, 0.6) is 0 Å². The number of carbonyl (C=O) groups excluding carboxylic acids is 1. The molecule has 1 heterocycles. The molecule has 3 rings (SSSR count). The fourth-order valence-electron chi connectivity index (χ4n) is 2.63. The van der Waals surface area contributed by atoms with E-state index in [1.54, 1.807) is 0 Å². The summed E-state index contributed by atoms with van der Waals surface area (Å²) in [6.07, 6.45) is 1.91. The third-order valence-electron chi connectivity index (χ3n) is 4.03. The summed E-state index contributed by atoms with van der Waals surface area (Å²) >= 11 is 3.63. The number of hydrogen-bond donors (Lipinski definition) is 1. The molecule has 0 spiro atoms. The summed E-state index contributed by atoms with van der Waals surface area (Å²) in [6, 6.07) is 16.1. The van der Waals surface area contributed by atoms with Gasteiger partial charge in [0.1, 0.15) is 0 Å². The lowest BCUT2D eigenvalue weighted by molar-refractivity contribution is -0.115. The molecule has 0 aliphatic carbocycles. The number of hydrogen-bond acceptors (Lipinski definition) is 4. The zero-order valence-corrected chi connectivity index (χ0v) is 17.7. The minimum atomic E-state index is -0.105. The van der Waals surface area contributed by atoms with Gasteiger partial charge in [0.15, 0.2) is 5.17 Å². The number of halogens is 1. The van der Waals surface area contributed by atoms with Crippen molar-refractivity contribution in [3.05, 3.63) is 62.6 Å². The highest BCUT2D eigenvalue weighted by Gasteiger charge is 2.23. The first-order valence-electron chi connectivity index (χ1n) is 8.49. The van der Waals surface area contributed by atoms with Crippen molar-refractivity contribution in [1.82, 2.24) is 5.32 Å². The Hall–Kier alpha value is -1.80. The molecular weight excluding hydrogens is 457 g/mol. The molecule has 0 radical (unpaired) electrons. The monoisotopic (exact) mass is 477 g/mol. The number of nitrogens with zero attached hydrogens (tertiary/aromatic N) is 2. The molecule has 1 aliphatic rings. The Morgan fingerprint density at radius 2 is 1.73 bits per heavy atom. The summed E-state index contributed by atoms with van der Waals surface area (Å²) in [6.45, 7) is 6.25. The molecule has 1 amide bonds. The third-order valence-corrected chi connectivity index (χ3v) is 5.66. The predicted molar refractivity (Wildman–Crippen MR) is 120 cm³/mol. The van der Waals surface area contributed by atoms with Gasteiger partial charge in [-0.05, 0) is 96.2 Å². The number of amidine groups is 1. The van der Waals surface area contributed by atoms with Crippen LogP contribution in [0, 0.1) is 3.57 Å². The average Bonchev–Trinajstić information content (AvgIpc) is 2.98. The van der Waals surface area contributed by atoms with Crippen LogP contribution in [0.1, 0.15) is 19.4 Å². The maximum absolute atomic E-state index is 12.2. The highest BCUT2D eigenvalue weighted by molar-refractivity contribution is 14.1. The highest BCUT2D eigenvalue weighted by Crippen LogP contribution is 2.28. The minimum absolute atomic E-state index is 0.105. The lowest BCUT2D eigenvalue weighted by Crippen LogP contribution is -2.21. The van der Waals surface area contributed by atoms with Gasteiger partial charge in [-0.3, -0.25) is 4.79 Å². The Kier molecular flexibility index (Phi) is 6.37. The molecule has 0 bridgehead atoms.